The quantitative estimate of drug-likeness (QED) is 0.855. The molecule has 2 aliphatic rings. The van der Waals surface area contributed by atoms with Crippen molar-refractivity contribution in [3.05, 3.63) is 34.9 Å². The number of alkyl halides is 3. The number of hydrogen-bond donors (Lipinski definition) is 1. The van der Waals surface area contributed by atoms with Crippen molar-refractivity contribution in [3.8, 4) is 0 Å². The lowest BCUT2D eigenvalue weighted by atomic mass is 9.80. The Labute approximate surface area is 115 Å². The van der Waals surface area contributed by atoms with Crippen molar-refractivity contribution < 1.29 is 23.0 Å². The lowest BCUT2D eigenvalue weighted by Gasteiger charge is -2.38. The first kappa shape index (κ1) is 13.9. The van der Waals surface area contributed by atoms with Crippen molar-refractivity contribution in [2.75, 3.05) is 0 Å². The number of aliphatic hydroxyl groups is 1. The molecule has 0 amide bonds. The van der Waals surface area contributed by atoms with Crippen LogP contribution in [0.4, 0.5) is 13.2 Å². The molecule has 0 aromatic heterocycles. The molecule has 3 rings (SSSR count). The highest BCUT2D eigenvalue weighted by Gasteiger charge is 2.46. The number of rotatable bonds is 1. The maximum absolute atomic E-state index is 12.9. The van der Waals surface area contributed by atoms with E-state index in [0.717, 1.165) is 25.0 Å². The van der Waals surface area contributed by atoms with E-state index < -0.39 is 17.3 Å². The summed E-state index contributed by atoms with van der Waals surface area (Å²) in [4.78, 5) is 0. The zero-order valence-corrected chi connectivity index (χ0v) is 11.2. The molecule has 1 N–H and O–H groups in total. The van der Waals surface area contributed by atoms with Gasteiger partial charge in [0, 0.05) is 12.8 Å². The van der Waals surface area contributed by atoms with Crippen LogP contribution in [0.2, 0.25) is 0 Å². The molecule has 2 unspecified atom stereocenters. The molecule has 20 heavy (non-hydrogen) atoms. The summed E-state index contributed by atoms with van der Waals surface area (Å²) in [6.07, 6.45) is -1.93. The molecule has 0 radical (unpaired) electrons. The fraction of sp³-hybridized carbons (Fsp3) is 0.600. The minimum Gasteiger partial charge on any atom is -0.385 e. The molecular formula is C15H17F3O2. The van der Waals surface area contributed by atoms with Crippen molar-refractivity contribution >= 4 is 0 Å². The number of fused-ring (bicyclic) bond motifs is 2. The molecule has 2 bridgehead atoms. The smallest absolute Gasteiger partial charge is 0.385 e. The molecular weight excluding hydrogens is 269 g/mol. The Kier molecular flexibility index (Phi) is 3.10. The number of benzene rings is 1. The Morgan fingerprint density at radius 3 is 2.35 bits per heavy atom. The summed E-state index contributed by atoms with van der Waals surface area (Å²) < 4.78 is 44.2. The molecule has 1 aromatic carbocycles. The van der Waals surface area contributed by atoms with E-state index in [2.05, 4.69) is 0 Å². The van der Waals surface area contributed by atoms with Gasteiger partial charge in [-0.25, -0.2) is 0 Å². The van der Waals surface area contributed by atoms with Crippen LogP contribution in [-0.4, -0.2) is 17.3 Å². The minimum atomic E-state index is -4.39. The first-order chi connectivity index (χ1) is 9.28. The second kappa shape index (κ2) is 4.46. The van der Waals surface area contributed by atoms with Crippen LogP contribution >= 0.6 is 0 Å². The fourth-order valence-electron chi connectivity index (χ4n) is 3.44. The van der Waals surface area contributed by atoms with Crippen LogP contribution in [-0.2, 0) is 16.5 Å². The van der Waals surface area contributed by atoms with E-state index in [-0.39, 0.29) is 12.2 Å². The molecule has 2 saturated heterocycles. The molecule has 2 heterocycles. The van der Waals surface area contributed by atoms with Gasteiger partial charge in [0.05, 0.1) is 23.4 Å². The zero-order chi connectivity index (χ0) is 14.5. The predicted octanol–water partition coefficient (Wildman–Crippen LogP) is 3.54. The van der Waals surface area contributed by atoms with Gasteiger partial charge in [0.15, 0.2) is 0 Å². The normalized spacial score (nSPS) is 33.5. The SMILES string of the molecule is Cc1ccc(C(F)(F)F)cc1C1(O)CC2CCC(C1)O2. The van der Waals surface area contributed by atoms with Crippen LogP contribution in [0, 0.1) is 6.92 Å². The average Bonchev–Trinajstić information content (AvgIpc) is 2.68. The van der Waals surface area contributed by atoms with Gasteiger partial charge in [-0.15, -0.1) is 0 Å². The predicted molar refractivity (Wildman–Crippen MR) is 67.2 cm³/mol. The van der Waals surface area contributed by atoms with Crippen molar-refractivity contribution in [1.82, 2.24) is 0 Å². The summed E-state index contributed by atoms with van der Waals surface area (Å²) in [7, 11) is 0. The third kappa shape index (κ3) is 2.33. The van der Waals surface area contributed by atoms with Crippen LogP contribution in [0.15, 0.2) is 18.2 Å². The lowest BCUT2D eigenvalue weighted by Crippen LogP contribution is -2.39. The maximum Gasteiger partial charge on any atom is 0.416 e. The second-order valence-corrected chi connectivity index (χ2v) is 5.92. The molecule has 1 aromatic rings. The molecule has 2 nitrogen and oxygen atoms in total. The lowest BCUT2D eigenvalue weighted by molar-refractivity contribution is -0.138. The van der Waals surface area contributed by atoms with Crippen LogP contribution in [0.5, 0.6) is 0 Å². The van der Waals surface area contributed by atoms with Crippen LogP contribution in [0.25, 0.3) is 0 Å². The van der Waals surface area contributed by atoms with Gasteiger partial charge in [-0.3, -0.25) is 0 Å². The van der Waals surface area contributed by atoms with Crippen LogP contribution < -0.4 is 0 Å². The van der Waals surface area contributed by atoms with E-state index in [1.807, 2.05) is 0 Å². The van der Waals surface area contributed by atoms with E-state index in [1.165, 1.54) is 6.07 Å². The third-order valence-corrected chi connectivity index (χ3v) is 4.39. The highest BCUT2D eigenvalue weighted by molar-refractivity contribution is 5.37. The van der Waals surface area contributed by atoms with Gasteiger partial charge in [-0.1, -0.05) is 6.07 Å². The summed E-state index contributed by atoms with van der Waals surface area (Å²) in [6.45, 7) is 1.74. The number of hydrogen-bond acceptors (Lipinski definition) is 2. The third-order valence-electron chi connectivity index (χ3n) is 4.39. The van der Waals surface area contributed by atoms with Crippen molar-refractivity contribution in [3.63, 3.8) is 0 Å². The first-order valence-electron chi connectivity index (χ1n) is 6.84. The summed E-state index contributed by atoms with van der Waals surface area (Å²) in [5.41, 5.74) is -0.810. The largest absolute Gasteiger partial charge is 0.416 e. The highest BCUT2D eigenvalue weighted by Crippen LogP contribution is 2.45. The van der Waals surface area contributed by atoms with Gasteiger partial charge in [0.1, 0.15) is 0 Å². The second-order valence-electron chi connectivity index (χ2n) is 5.92. The van der Waals surface area contributed by atoms with E-state index >= 15 is 0 Å². The average molecular weight is 286 g/mol. The van der Waals surface area contributed by atoms with Crippen LogP contribution in [0.3, 0.4) is 0 Å². The summed E-state index contributed by atoms with van der Waals surface area (Å²) >= 11 is 0. The molecule has 0 aliphatic carbocycles. The molecule has 2 atom stereocenters. The fourth-order valence-corrected chi connectivity index (χ4v) is 3.44. The molecule has 5 heteroatoms. The first-order valence-corrected chi connectivity index (χ1v) is 6.84. The summed E-state index contributed by atoms with van der Waals surface area (Å²) in [6, 6.07) is 3.60. The van der Waals surface area contributed by atoms with Crippen molar-refractivity contribution in [1.29, 1.82) is 0 Å². The summed E-state index contributed by atoms with van der Waals surface area (Å²) in [5.74, 6) is 0. The highest BCUT2D eigenvalue weighted by atomic mass is 19.4. The Balaban J connectivity index is 2.00. The standard InChI is InChI=1S/C15H17F3O2/c1-9-2-3-10(15(16,17)18)6-13(9)14(19)7-11-4-5-12(8-14)20-11/h2-3,6,11-12,19H,4-5,7-8H2,1H3. The molecule has 110 valence electrons. The van der Waals surface area contributed by atoms with Gasteiger partial charge >= 0.3 is 6.18 Å². The molecule has 0 saturated carbocycles. The van der Waals surface area contributed by atoms with Gasteiger partial charge in [-0.05, 0) is 43.0 Å². The minimum absolute atomic E-state index is 0.0345. The maximum atomic E-state index is 12.9. The number of halogens is 3. The molecule has 0 spiro atoms. The van der Waals surface area contributed by atoms with Crippen molar-refractivity contribution in [2.45, 2.75) is 56.6 Å². The van der Waals surface area contributed by atoms with Crippen molar-refractivity contribution in [2.24, 2.45) is 0 Å². The molecule has 2 aliphatic heterocycles. The van der Waals surface area contributed by atoms with Gasteiger partial charge < -0.3 is 9.84 Å². The topological polar surface area (TPSA) is 29.5 Å². The van der Waals surface area contributed by atoms with E-state index in [1.54, 1.807) is 6.92 Å². The van der Waals surface area contributed by atoms with E-state index in [4.69, 9.17) is 4.74 Å². The Morgan fingerprint density at radius 1 is 1.20 bits per heavy atom. The Hall–Kier alpha value is -1.07. The Bertz CT molecular complexity index is 512. The zero-order valence-electron chi connectivity index (χ0n) is 11.2. The van der Waals surface area contributed by atoms with Gasteiger partial charge in [0.2, 0.25) is 0 Å². The van der Waals surface area contributed by atoms with Gasteiger partial charge in [0.25, 0.3) is 0 Å². The van der Waals surface area contributed by atoms with Crippen LogP contribution in [0.1, 0.15) is 42.4 Å². The monoisotopic (exact) mass is 286 g/mol. The van der Waals surface area contributed by atoms with E-state index in [0.29, 0.717) is 24.0 Å². The molecule has 2 fully saturated rings. The number of ether oxygens (including phenoxy) is 1. The summed E-state index contributed by atoms with van der Waals surface area (Å²) in [5, 5.41) is 10.8. The Morgan fingerprint density at radius 2 is 1.80 bits per heavy atom. The van der Waals surface area contributed by atoms with E-state index in [9.17, 15) is 18.3 Å². The number of aryl methyl sites for hydroxylation is 1. The van der Waals surface area contributed by atoms with Gasteiger partial charge in [-0.2, -0.15) is 13.2 Å².